The fourth-order valence-corrected chi connectivity index (χ4v) is 4.87. The number of alkyl halides is 3. The smallest absolute Gasteiger partial charge is 0.308 e. The Morgan fingerprint density at radius 3 is 2.34 bits per heavy atom. The second-order valence-electron chi connectivity index (χ2n) is 9.53. The lowest BCUT2D eigenvalue weighted by Crippen LogP contribution is -2.43. The van der Waals surface area contributed by atoms with Crippen LogP contribution in [-0.4, -0.2) is 36.1 Å². The van der Waals surface area contributed by atoms with E-state index in [9.17, 15) is 27.6 Å². The standard InChI is InChI=1S/C29H28F4N4O/c1-19-6-7-20(2)36(19)14-15-37(28(38)35-24-10-13-27(30)26(17-24)29(31,32)33)25-11-8-22(9-12-25)23-5-3-4-21(16-23)18-34/h3-5,8-13,16-17,19-20H,6-7,14-15H2,1-2H3,(H,35,38). The van der Waals surface area contributed by atoms with Gasteiger partial charge >= 0.3 is 12.2 Å². The summed E-state index contributed by atoms with van der Waals surface area (Å²) < 4.78 is 53.3. The topological polar surface area (TPSA) is 59.4 Å². The third-order valence-electron chi connectivity index (χ3n) is 6.99. The molecule has 4 rings (SSSR count). The molecule has 3 aromatic carbocycles. The van der Waals surface area contributed by atoms with Gasteiger partial charge in [0.2, 0.25) is 0 Å². The van der Waals surface area contributed by atoms with E-state index in [1.54, 1.807) is 30.3 Å². The molecule has 5 nitrogen and oxygen atoms in total. The molecule has 2 amide bonds. The highest BCUT2D eigenvalue weighted by Crippen LogP contribution is 2.33. The van der Waals surface area contributed by atoms with E-state index in [1.165, 1.54) is 4.90 Å². The molecule has 1 aliphatic heterocycles. The molecule has 0 aliphatic carbocycles. The summed E-state index contributed by atoms with van der Waals surface area (Å²) in [5.41, 5.74) is 1.19. The van der Waals surface area contributed by atoms with Crippen molar-refractivity contribution in [3.63, 3.8) is 0 Å². The number of rotatable bonds is 6. The summed E-state index contributed by atoms with van der Waals surface area (Å²) in [6.07, 6.45) is -2.77. The van der Waals surface area contributed by atoms with Crippen molar-refractivity contribution in [1.29, 1.82) is 5.26 Å². The van der Waals surface area contributed by atoms with Crippen LogP contribution in [0.25, 0.3) is 11.1 Å². The van der Waals surface area contributed by atoms with Crippen molar-refractivity contribution in [2.24, 2.45) is 0 Å². The molecule has 0 aromatic heterocycles. The van der Waals surface area contributed by atoms with Gasteiger partial charge in [0.25, 0.3) is 0 Å². The van der Waals surface area contributed by atoms with Crippen molar-refractivity contribution in [1.82, 2.24) is 4.90 Å². The number of carbonyl (C=O) groups excluding carboxylic acids is 1. The fraction of sp³-hybridized carbons (Fsp3) is 0.310. The Bertz CT molecular complexity index is 1320. The minimum atomic E-state index is -4.88. The second kappa shape index (κ2) is 11.2. The molecule has 38 heavy (non-hydrogen) atoms. The monoisotopic (exact) mass is 524 g/mol. The Labute approximate surface area is 219 Å². The minimum absolute atomic E-state index is 0.151. The zero-order valence-corrected chi connectivity index (χ0v) is 21.1. The van der Waals surface area contributed by atoms with Gasteiger partial charge < -0.3 is 5.32 Å². The lowest BCUT2D eigenvalue weighted by molar-refractivity contribution is -0.139. The van der Waals surface area contributed by atoms with Crippen molar-refractivity contribution in [3.8, 4) is 17.2 Å². The van der Waals surface area contributed by atoms with Crippen LogP contribution in [0, 0.1) is 17.1 Å². The van der Waals surface area contributed by atoms with E-state index >= 15 is 0 Å². The molecule has 0 bridgehead atoms. The highest BCUT2D eigenvalue weighted by Gasteiger charge is 2.34. The largest absolute Gasteiger partial charge is 0.419 e. The molecule has 1 heterocycles. The lowest BCUT2D eigenvalue weighted by Gasteiger charge is -2.30. The Kier molecular flexibility index (Phi) is 8.02. The van der Waals surface area contributed by atoms with Crippen LogP contribution < -0.4 is 10.2 Å². The number of benzene rings is 3. The molecular weight excluding hydrogens is 496 g/mol. The van der Waals surface area contributed by atoms with E-state index in [0.29, 0.717) is 48.6 Å². The number of likely N-dealkylation sites (tertiary alicyclic amines) is 1. The quantitative estimate of drug-likeness (QED) is 0.345. The Morgan fingerprint density at radius 2 is 1.71 bits per heavy atom. The van der Waals surface area contributed by atoms with Crippen LogP contribution in [0.3, 0.4) is 0 Å². The first-order valence-corrected chi connectivity index (χ1v) is 12.4. The molecule has 1 aliphatic rings. The fourth-order valence-electron chi connectivity index (χ4n) is 4.87. The molecule has 9 heteroatoms. The average molecular weight is 525 g/mol. The molecule has 2 atom stereocenters. The number of amides is 2. The van der Waals surface area contributed by atoms with E-state index in [2.05, 4.69) is 30.1 Å². The van der Waals surface area contributed by atoms with Gasteiger partial charge in [-0.25, -0.2) is 9.18 Å². The molecule has 0 radical (unpaired) electrons. The SMILES string of the molecule is CC1CCC(C)N1CCN(C(=O)Nc1ccc(F)c(C(F)(F)F)c1)c1ccc(-c2cccc(C#N)c2)cc1. The summed E-state index contributed by atoms with van der Waals surface area (Å²) in [7, 11) is 0. The van der Waals surface area contributed by atoms with Crippen molar-refractivity contribution in [2.45, 2.75) is 44.9 Å². The van der Waals surface area contributed by atoms with E-state index in [-0.39, 0.29) is 5.69 Å². The van der Waals surface area contributed by atoms with Gasteiger partial charge in [0.1, 0.15) is 5.82 Å². The van der Waals surface area contributed by atoms with E-state index < -0.39 is 23.6 Å². The van der Waals surface area contributed by atoms with E-state index in [4.69, 9.17) is 0 Å². The number of hydrogen-bond donors (Lipinski definition) is 1. The molecular formula is C29H28F4N4O. The van der Waals surface area contributed by atoms with Gasteiger partial charge in [-0.1, -0.05) is 24.3 Å². The molecule has 198 valence electrons. The number of nitrogens with zero attached hydrogens (tertiary/aromatic N) is 3. The van der Waals surface area contributed by atoms with E-state index in [0.717, 1.165) is 30.0 Å². The molecule has 0 spiro atoms. The van der Waals surface area contributed by atoms with Gasteiger partial charge in [-0.2, -0.15) is 18.4 Å². The van der Waals surface area contributed by atoms with E-state index in [1.807, 2.05) is 18.2 Å². The van der Waals surface area contributed by atoms with Crippen molar-refractivity contribution < 1.29 is 22.4 Å². The predicted octanol–water partition coefficient (Wildman–Crippen LogP) is 7.29. The van der Waals surface area contributed by atoms with Gasteiger partial charge in [0.05, 0.1) is 17.2 Å². The molecule has 0 saturated carbocycles. The number of urea groups is 1. The summed E-state index contributed by atoms with van der Waals surface area (Å²) in [5.74, 6) is -1.40. The van der Waals surface area contributed by atoms with Crippen LogP contribution >= 0.6 is 0 Å². The number of nitrogens with one attached hydrogen (secondary N) is 1. The van der Waals surface area contributed by atoms with Crippen LogP contribution in [-0.2, 0) is 6.18 Å². The lowest BCUT2D eigenvalue weighted by atomic mass is 10.0. The number of carbonyl (C=O) groups is 1. The van der Waals surface area contributed by atoms with Crippen LogP contribution in [0.1, 0.15) is 37.8 Å². The van der Waals surface area contributed by atoms with Crippen molar-refractivity contribution in [2.75, 3.05) is 23.3 Å². The summed E-state index contributed by atoms with van der Waals surface area (Å²) in [5, 5.41) is 11.7. The first-order chi connectivity index (χ1) is 18.1. The van der Waals surface area contributed by atoms with Crippen molar-refractivity contribution >= 4 is 17.4 Å². The van der Waals surface area contributed by atoms with Crippen LogP contribution in [0.2, 0.25) is 0 Å². The Morgan fingerprint density at radius 1 is 1.03 bits per heavy atom. The summed E-state index contributed by atoms with van der Waals surface area (Å²) in [4.78, 5) is 17.1. The molecule has 1 saturated heterocycles. The summed E-state index contributed by atoms with van der Waals surface area (Å²) in [6.45, 7) is 5.15. The second-order valence-corrected chi connectivity index (χ2v) is 9.53. The summed E-state index contributed by atoms with van der Waals surface area (Å²) in [6, 6.07) is 18.9. The van der Waals surface area contributed by atoms with Crippen LogP contribution in [0.15, 0.2) is 66.7 Å². The van der Waals surface area contributed by atoms with Gasteiger partial charge in [0.15, 0.2) is 0 Å². The normalized spacial score (nSPS) is 17.7. The maximum Gasteiger partial charge on any atom is 0.419 e. The number of nitriles is 1. The maximum atomic E-state index is 13.8. The number of anilines is 2. The Balaban J connectivity index is 1.60. The van der Waals surface area contributed by atoms with Gasteiger partial charge in [0, 0.05) is 36.5 Å². The predicted molar refractivity (Wildman–Crippen MR) is 139 cm³/mol. The molecule has 1 fully saturated rings. The van der Waals surface area contributed by atoms with Crippen LogP contribution in [0.5, 0.6) is 0 Å². The molecule has 3 aromatic rings. The summed E-state index contributed by atoms with van der Waals surface area (Å²) >= 11 is 0. The van der Waals surface area contributed by atoms with Gasteiger partial charge in [-0.05, 0) is 80.3 Å². The number of halogens is 4. The number of hydrogen-bond acceptors (Lipinski definition) is 3. The van der Waals surface area contributed by atoms with Crippen LogP contribution in [0.4, 0.5) is 33.7 Å². The highest BCUT2D eigenvalue weighted by atomic mass is 19.4. The minimum Gasteiger partial charge on any atom is -0.308 e. The zero-order chi connectivity index (χ0) is 27.4. The van der Waals surface area contributed by atoms with Gasteiger partial charge in [-0.3, -0.25) is 9.80 Å². The van der Waals surface area contributed by atoms with Gasteiger partial charge in [-0.15, -0.1) is 0 Å². The third-order valence-corrected chi connectivity index (χ3v) is 6.99. The first kappa shape index (κ1) is 27.1. The zero-order valence-electron chi connectivity index (χ0n) is 21.1. The maximum absolute atomic E-state index is 13.8. The highest BCUT2D eigenvalue weighted by molar-refractivity contribution is 6.02. The Hall–Kier alpha value is -3.90. The van der Waals surface area contributed by atoms with Crippen molar-refractivity contribution in [3.05, 3.63) is 83.7 Å². The average Bonchev–Trinajstić information content (AvgIpc) is 3.22. The third kappa shape index (κ3) is 6.14. The first-order valence-electron chi connectivity index (χ1n) is 12.4. The molecule has 2 unspecified atom stereocenters. The molecule has 1 N–H and O–H groups in total.